The number of carboxylic acids is 1. The Kier molecular flexibility index (Phi) is 3.29. The molecule has 1 aromatic rings. The second kappa shape index (κ2) is 4.47. The highest BCUT2D eigenvalue weighted by atomic mass is 19.1. The zero-order valence-corrected chi connectivity index (χ0v) is 7.68. The van der Waals surface area contributed by atoms with Crippen molar-refractivity contribution in [1.29, 1.82) is 0 Å². The van der Waals surface area contributed by atoms with E-state index in [1.165, 1.54) is 0 Å². The summed E-state index contributed by atoms with van der Waals surface area (Å²) in [5, 5.41) is 18.5. The molecule has 0 saturated heterocycles. The number of nitro benzene ring substituents is 1. The fourth-order valence-electron chi connectivity index (χ4n) is 0.980. The normalized spacial score (nSPS) is 10.6. The third kappa shape index (κ3) is 2.59. The number of hydrogen-bond acceptors (Lipinski definition) is 3. The van der Waals surface area contributed by atoms with Gasteiger partial charge in [0.15, 0.2) is 0 Å². The van der Waals surface area contributed by atoms with Gasteiger partial charge in [0.2, 0.25) is 5.82 Å². The summed E-state index contributed by atoms with van der Waals surface area (Å²) in [6.07, 6.45) is 1.41. The summed E-state index contributed by atoms with van der Waals surface area (Å²) in [6, 6.07) is 0.962. The van der Waals surface area contributed by atoms with Crippen LogP contribution in [0.5, 0.6) is 0 Å². The standard InChI is InChI=1S/C9H5F2NO4/c10-6-4-8(12(15)16)7(11)3-5(6)1-2-9(13)14/h1-4H,(H,13,14)/b2-1+. The molecule has 0 aliphatic heterocycles. The first-order valence-corrected chi connectivity index (χ1v) is 3.96. The van der Waals surface area contributed by atoms with Crippen LogP contribution in [0.25, 0.3) is 6.08 Å². The second-order valence-corrected chi connectivity index (χ2v) is 2.75. The third-order valence-electron chi connectivity index (χ3n) is 1.67. The lowest BCUT2D eigenvalue weighted by molar-refractivity contribution is -0.387. The highest BCUT2D eigenvalue weighted by molar-refractivity contribution is 5.85. The SMILES string of the molecule is O=C(O)/C=C/c1cc(F)c([N+](=O)[O-])cc1F. The molecule has 0 fully saturated rings. The van der Waals surface area contributed by atoms with Gasteiger partial charge in [0.05, 0.1) is 11.0 Å². The predicted octanol–water partition coefficient (Wildman–Crippen LogP) is 1.97. The van der Waals surface area contributed by atoms with Gasteiger partial charge in [-0.3, -0.25) is 10.1 Å². The fraction of sp³-hybridized carbons (Fsp3) is 0. The molecule has 1 aromatic carbocycles. The molecule has 16 heavy (non-hydrogen) atoms. The molecule has 1 rings (SSSR count). The molecule has 0 spiro atoms. The van der Waals surface area contributed by atoms with E-state index >= 15 is 0 Å². The lowest BCUT2D eigenvalue weighted by atomic mass is 10.1. The largest absolute Gasteiger partial charge is 0.478 e. The number of carboxylic acid groups (broad SMARTS) is 1. The Labute approximate surface area is 87.8 Å². The van der Waals surface area contributed by atoms with Gasteiger partial charge in [-0.25, -0.2) is 9.18 Å². The van der Waals surface area contributed by atoms with Crippen LogP contribution in [0.4, 0.5) is 14.5 Å². The summed E-state index contributed by atoms with van der Waals surface area (Å²) >= 11 is 0. The average Bonchev–Trinajstić information content (AvgIpc) is 2.18. The molecule has 0 heterocycles. The van der Waals surface area contributed by atoms with Gasteiger partial charge in [0.1, 0.15) is 5.82 Å². The van der Waals surface area contributed by atoms with Crippen LogP contribution in [-0.2, 0) is 4.79 Å². The van der Waals surface area contributed by atoms with E-state index in [9.17, 15) is 23.7 Å². The van der Waals surface area contributed by atoms with Crippen LogP contribution >= 0.6 is 0 Å². The number of halogens is 2. The molecule has 0 unspecified atom stereocenters. The Hall–Kier alpha value is -2.31. The first-order chi connectivity index (χ1) is 7.41. The van der Waals surface area contributed by atoms with Crippen LogP contribution in [-0.4, -0.2) is 16.0 Å². The third-order valence-corrected chi connectivity index (χ3v) is 1.67. The number of rotatable bonds is 3. The van der Waals surface area contributed by atoms with Crippen LogP contribution in [0.2, 0.25) is 0 Å². The van der Waals surface area contributed by atoms with Gasteiger partial charge < -0.3 is 5.11 Å². The maximum absolute atomic E-state index is 13.1. The van der Waals surface area contributed by atoms with Gasteiger partial charge in [-0.2, -0.15) is 4.39 Å². The summed E-state index contributed by atoms with van der Waals surface area (Å²) in [7, 11) is 0. The maximum Gasteiger partial charge on any atom is 0.328 e. The van der Waals surface area contributed by atoms with E-state index in [-0.39, 0.29) is 5.56 Å². The molecule has 0 aliphatic carbocycles. The first kappa shape index (κ1) is 11.8. The maximum atomic E-state index is 13.1. The average molecular weight is 229 g/mol. The van der Waals surface area contributed by atoms with Gasteiger partial charge in [-0.15, -0.1) is 0 Å². The number of aliphatic carboxylic acids is 1. The minimum Gasteiger partial charge on any atom is -0.478 e. The smallest absolute Gasteiger partial charge is 0.328 e. The van der Waals surface area contributed by atoms with E-state index in [4.69, 9.17) is 5.11 Å². The lowest BCUT2D eigenvalue weighted by Gasteiger charge is -1.98. The molecule has 7 heteroatoms. The zero-order valence-electron chi connectivity index (χ0n) is 7.68. The Balaban J connectivity index is 3.20. The zero-order chi connectivity index (χ0) is 12.3. The molecule has 5 nitrogen and oxygen atoms in total. The topological polar surface area (TPSA) is 80.4 Å². The van der Waals surface area contributed by atoms with Crippen molar-refractivity contribution in [2.45, 2.75) is 0 Å². The molecule has 0 saturated carbocycles. The quantitative estimate of drug-likeness (QED) is 0.488. The summed E-state index contributed by atoms with van der Waals surface area (Å²) in [4.78, 5) is 19.3. The lowest BCUT2D eigenvalue weighted by Crippen LogP contribution is -1.96. The summed E-state index contributed by atoms with van der Waals surface area (Å²) in [5.74, 6) is -3.62. The van der Waals surface area contributed by atoms with Gasteiger partial charge in [0.25, 0.3) is 0 Å². The first-order valence-electron chi connectivity index (χ1n) is 3.96. The minimum absolute atomic E-state index is 0.370. The Morgan fingerprint density at radius 2 is 2.00 bits per heavy atom. The highest BCUT2D eigenvalue weighted by Gasteiger charge is 2.17. The van der Waals surface area contributed by atoms with Crippen molar-refractivity contribution < 1.29 is 23.6 Å². The summed E-state index contributed by atoms with van der Waals surface area (Å²) in [6.45, 7) is 0. The monoisotopic (exact) mass is 229 g/mol. The van der Waals surface area contributed by atoms with E-state index in [1.54, 1.807) is 0 Å². The van der Waals surface area contributed by atoms with Crippen LogP contribution < -0.4 is 0 Å². The number of nitrogens with zero attached hydrogens (tertiary/aromatic N) is 1. The van der Waals surface area contributed by atoms with Crippen molar-refractivity contribution in [1.82, 2.24) is 0 Å². The highest BCUT2D eigenvalue weighted by Crippen LogP contribution is 2.22. The van der Waals surface area contributed by atoms with Crippen molar-refractivity contribution in [3.05, 3.63) is 45.5 Å². The predicted molar refractivity (Wildman–Crippen MR) is 49.7 cm³/mol. The van der Waals surface area contributed by atoms with Crippen molar-refractivity contribution in [3.63, 3.8) is 0 Å². The van der Waals surface area contributed by atoms with E-state index in [0.717, 1.165) is 6.08 Å². The van der Waals surface area contributed by atoms with Crippen LogP contribution in [0.1, 0.15) is 5.56 Å². The molecular formula is C9H5F2NO4. The molecule has 1 N–H and O–H groups in total. The molecule has 84 valence electrons. The second-order valence-electron chi connectivity index (χ2n) is 2.75. The number of hydrogen-bond donors (Lipinski definition) is 1. The van der Waals surface area contributed by atoms with Gasteiger partial charge >= 0.3 is 11.7 Å². The van der Waals surface area contributed by atoms with E-state index in [0.29, 0.717) is 18.2 Å². The Morgan fingerprint density at radius 1 is 1.38 bits per heavy atom. The Bertz CT molecular complexity index is 485. The van der Waals surface area contributed by atoms with Crippen LogP contribution in [0.15, 0.2) is 18.2 Å². The van der Waals surface area contributed by atoms with Crippen molar-refractivity contribution in [2.75, 3.05) is 0 Å². The molecule has 0 amide bonds. The molecule has 0 radical (unpaired) electrons. The molecule has 0 aliphatic rings. The minimum atomic E-state index is -1.34. The summed E-state index contributed by atoms with van der Waals surface area (Å²) in [5.41, 5.74) is -1.37. The van der Waals surface area contributed by atoms with Crippen molar-refractivity contribution in [3.8, 4) is 0 Å². The van der Waals surface area contributed by atoms with Crippen LogP contribution in [0, 0.1) is 21.7 Å². The number of nitro groups is 1. The Morgan fingerprint density at radius 3 is 2.50 bits per heavy atom. The molecule has 0 atom stereocenters. The van der Waals surface area contributed by atoms with Crippen molar-refractivity contribution >= 4 is 17.7 Å². The van der Waals surface area contributed by atoms with Gasteiger partial charge in [-0.1, -0.05) is 0 Å². The van der Waals surface area contributed by atoms with E-state index in [2.05, 4.69) is 0 Å². The molecule has 0 aromatic heterocycles. The number of benzene rings is 1. The molecular weight excluding hydrogens is 224 g/mol. The van der Waals surface area contributed by atoms with Gasteiger partial charge in [-0.05, 0) is 12.1 Å². The van der Waals surface area contributed by atoms with Crippen molar-refractivity contribution in [2.24, 2.45) is 0 Å². The molecule has 0 bridgehead atoms. The fourth-order valence-corrected chi connectivity index (χ4v) is 0.980. The van der Waals surface area contributed by atoms with Crippen LogP contribution in [0.3, 0.4) is 0 Å². The van der Waals surface area contributed by atoms with E-state index in [1.807, 2.05) is 0 Å². The summed E-state index contributed by atoms with van der Waals surface area (Å²) < 4.78 is 26.1. The number of carbonyl (C=O) groups is 1. The van der Waals surface area contributed by atoms with E-state index < -0.39 is 28.2 Å². The van der Waals surface area contributed by atoms with Gasteiger partial charge in [0, 0.05) is 11.6 Å².